The molecule has 3 rings (SSSR count). The van der Waals surface area contributed by atoms with E-state index in [-0.39, 0.29) is 24.6 Å². The summed E-state index contributed by atoms with van der Waals surface area (Å²) in [6, 6.07) is 14.6. The predicted molar refractivity (Wildman–Crippen MR) is 110 cm³/mol. The molecule has 3 atom stereocenters. The first-order valence-corrected chi connectivity index (χ1v) is 9.70. The number of carbonyl (C=O) groups is 1. The Morgan fingerprint density at radius 1 is 1.28 bits per heavy atom. The molecule has 2 aliphatic heterocycles. The third kappa shape index (κ3) is 4.09. The first-order valence-electron chi connectivity index (χ1n) is 9.70. The third-order valence-corrected chi connectivity index (χ3v) is 5.48. The van der Waals surface area contributed by atoms with E-state index >= 15 is 0 Å². The molecule has 5 heteroatoms. The fourth-order valence-electron chi connectivity index (χ4n) is 4.22. The van der Waals surface area contributed by atoms with E-state index in [0.717, 1.165) is 29.6 Å². The molecule has 0 amide bonds. The van der Waals surface area contributed by atoms with Crippen LogP contribution in [0.25, 0.3) is 5.57 Å². The minimum Gasteiger partial charge on any atom is -0.453 e. The van der Waals surface area contributed by atoms with Gasteiger partial charge in [-0.25, -0.2) is 0 Å². The van der Waals surface area contributed by atoms with Crippen LogP contribution >= 0.6 is 0 Å². The zero-order valence-electron chi connectivity index (χ0n) is 16.6. The van der Waals surface area contributed by atoms with Crippen molar-refractivity contribution < 1.29 is 9.53 Å². The normalized spacial score (nSPS) is 23.1. The van der Waals surface area contributed by atoms with E-state index in [4.69, 9.17) is 4.74 Å². The van der Waals surface area contributed by atoms with Gasteiger partial charge in [-0.05, 0) is 36.5 Å². The number of hydrogen-bond acceptors (Lipinski definition) is 5. The molecule has 0 unspecified atom stereocenters. The molecule has 0 aromatic heterocycles. The van der Waals surface area contributed by atoms with E-state index in [2.05, 4.69) is 35.4 Å². The highest BCUT2D eigenvalue weighted by Gasteiger charge is 2.47. The van der Waals surface area contributed by atoms with Crippen LogP contribution in [0, 0.1) is 45.8 Å². The van der Waals surface area contributed by atoms with Gasteiger partial charge in [0.2, 0.25) is 5.41 Å². The van der Waals surface area contributed by atoms with Crippen molar-refractivity contribution in [2.45, 2.75) is 38.8 Å². The molecule has 1 fully saturated rings. The van der Waals surface area contributed by atoms with Crippen LogP contribution in [0.3, 0.4) is 0 Å². The highest BCUT2D eigenvalue weighted by molar-refractivity contribution is 5.73. The van der Waals surface area contributed by atoms with Crippen LogP contribution in [-0.2, 0) is 9.53 Å². The topological polar surface area (TPSA) is 85.9 Å². The van der Waals surface area contributed by atoms with Crippen molar-refractivity contribution >= 4 is 11.5 Å². The molecule has 2 heterocycles. The van der Waals surface area contributed by atoms with E-state index in [1.54, 1.807) is 0 Å². The van der Waals surface area contributed by atoms with Gasteiger partial charge in [0.25, 0.3) is 0 Å². The Kier molecular flexibility index (Phi) is 6.18. The Morgan fingerprint density at radius 3 is 2.62 bits per heavy atom. The summed E-state index contributed by atoms with van der Waals surface area (Å²) in [5.74, 6) is 4.94. The monoisotopic (exact) mass is 385 g/mol. The van der Waals surface area contributed by atoms with Gasteiger partial charge in [0, 0.05) is 24.9 Å². The van der Waals surface area contributed by atoms with Crippen LogP contribution in [-0.4, -0.2) is 24.7 Å². The Morgan fingerprint density at radius 2 is 2.00 bits per heavy atom. The summed E-state index contributed by atoms with van der Waals surface area (Å²) >= 11 is 0. The number of fused-ring (bicyclic) bond motifs is 2. The molecule has 0 spiro atoms. The average molecular weight is 385 g/mol. The molecule has 1 aromatic carbocycles. The molecule has 1 aromatic rings. The second-order valence-corrected chi connectivity index (χ2v) is 7.22. The van der Waals surface area contributed by atoms with Crippen molar-refractivity contribution in [3.05, 3.63) is 53.6 Å². The largest absolute Gasteiger partial charge is 0.453 e. The van der Waals surface area contributed by atoms with Crippen molar-refractivity contribution in [3.8, 4) is 24.0 Å². The predicted octanol–water partition coefficient (Wildman–Crippen LogP) is 3.37. The summed E-state index contributed by atoms with van der Waals surface area (Å²) in [4.78, 5) is 11.0. The number of nitriles is 2. The Hall–Kier alpha value is -3.33. The second kappa shape index (κ2) is 8.78. The molecular weight excluding hydrogens is 362 g/mol. The van der Waals surface area contributed by atoms with Crippen molar-refractivity contribution in [1.82, 2.24) is 5.32 Å². The maximum Gasteiger partial charge on any atom is 0.303 e. The van der Waals surface area contributed by atoms with Crippen LogP contribution in [0.5, 0.6) is 0 Å². The summed E-state index contributed by atoms with van der Waals surface area (Å²) < 4.78 is 4.86. The molecule has 5 nitrogen and oxygen atoms in total. The van der Waals surface area contributed by atoms with Gasteiger partial charge in [0.05, 0.1) is 0 Å². The summed E-state index contributed by atoms with van der Waals surface area (Å²) in [6.07, 6.45) is 5.99. The number of benzene rings is 1. The second-order valence-electron chi connectivity index (χ2n) is 7.22. The molecule has 0 radical (unpaired) electrons. The van der Waals surface area contributed by atoms with Crippen LogP contribution in [0.4, 0.5) is 0 Å². The molecule has 29 heavy (non-hydrogen) atoms. The zero-order chi connectivity index (χ0) is 20.9. The molecule has 0 saturated carbocycles. The highest BCUT2D eigenvalue weighted by atomic mass is 16.5. The maximum atomic E-state index is 11.0. The zero-order valence-corrected chi connectivity index (χ0v) is 16.6. The number of rotatable bonds is 4. The number of carbonyl (C=O) groups excluding carboxylic acids is 1. The first-order chi connectivity index (χ1) is 14.0. The molecule has 1 saturated heterocycles. The van der Waals surface area contributed by atoms with Crippen LogP contribution in [0.1, 0.15) is 32.3 Å². The fourth-order valence-corrected chi connectivity index (χ4v) is 4.22. The average Bonchev–Trinajstić information content (AvgIpc) is 3.13. The number of hydrogen-bond donors (Lipinski definition) is 1. The van der Waals surface area contributed by atoms with E-state index in [9.17, 15) is 15.3 Å². The van der Waals surface area contributed by atoms with Crippen molar-refractivity contribution in [1.29, 1.82) is 10.5 Å². The lowest BCUT2D eigenvalue weighted by Gasteiger charge is -2.36. The standard InChI is InChI=1S/C24H23N3O2/c1-3-20(18-8-5-4-6-9-18)23-21(14-19-10-11-22(23)27-19)24(15-25,16-26)12-7-13-29-17(2)28/h3-6,8-9,14,19,22-23,27H,10-11,13H2,1-2H3/t19-,22+,23-/m1/s1. The van der Waals surface area contributed by atoms with Gasteiger partial charge in [0.1, 0.15) is 12.1 Å². The minimum absolute atomic E-state index is 0.136. The third-order valence-electron chi connectivity index (χ3n) is 5.48. The van der Waals surface area contributed by atoms with Crippen LogP contribution < -0.4 is 5.32 Å². The summed E-state index contributed by atoms with van der Waals surface area (Å²) in [5, 5.41) is 23.6. The lowest BCUT2D eigenvalue weighted by Crippen LogP contribution is -2.43. The molecule has 1 N–H and O–H groups in total. The van der Waals surface area contributed by atoms with Gasteiger partial charge < -0.3 is 10.1 Å². The Labute approximate surface area is 171 Å². The van der Waals surface area contributed by atoms with Crippen molar-refractivity contribution in [3.63, 3.8) is 0 Å². The van der Waals surface area contributed by atoms with E-state index < -0.39 is 11.4 Å². The lowest BCUT2D eigenvalue weighted by atomic mass is 9.69. The van der Waals surface area contributed by atoms with Crippen LogP contribution in [0.15, 0.2) is 48.1 Å². The van der Waals surface area contributed by atoms with Gasteiger partial charge in [-0.2, -0.15) is 10.5 Å². The van der Waals surface area contributed by atoms with Crippen molar-refractivity contribution in [2.24, 2.45) is 11.3 Å². The summed E-state index contributed by atoms with van der Waals surface area (Å²) in [5.41, 5.74) is 1.28. The quantitative estimate of drug-likeness (QED) is 0.488. The Balaban J connectivity index is 2.07. The smallest absolute Gasteiger partial charge is 0.303 e. The number of allylic oxidation sites excluding steroid dienone is 1. The summed E-state index contributed by atoms with van der Waals surface area (Å²) in [6.45, 7) is 3.14. The molecule has 0 aliphatic carbocycles. The maximum absolute atomic E-state index is 11.0. The fraction of sp³-hybridized carbons (Fsp3) is 0.375. The van der Waals surface area contributed by atoms with E-state index in [1.807, 2.05) is 43.3 Å². The lowest BCUT2D eigenvalue weighted by molar-refractivity contribution is -0.139. The number of esters is 1. The van der Waals surface area contributed by atoms with Gasteiger partial charge in [-0.15, -0.1) is 0 Å². The SMILES string of the molecule is CC=C(c1ccccc1)[C@@H]1C(C(C#N)(C#N)C#CCOC(C)=O)=C[C@H]2CC[C@@H]1N2. The number of ether oxygens (including phenoxy) is 1. The van der Waals surface area contributed by atoms with Gasteiger partial charge in [-0.1, -0.05) is 54.3 Å². The van der Waals surface area contributed by atoms with Gasteiger partial charge in [-0.3, -0.25) is 4.79 Å². The molecule has 2 bridgehead atoms. The highest BCUT2D eigenvalue weighted by Crippen LogP contribution is 2.46. The number of nitrogens with zero attached hydrogens (tertiary/aromatic N) is 2. The van der Waals surface area contributed by atoms with Gasteiger partial charge >= 0.3 is 5.97 Å². The molecular formula is C24H23N3O2. The van der Waals surface area contributed by atoms with Crippen LogP contribution in [0.2, 0.25) is 0 Å². The van der Waals surface area contributed by atoms with Crippen molar-refractivity contribution in [2.75, 3.05) is 6.61 Å². The van der Waals surface area contributed by atoms with E-state index in [1.165, 1.54) is 6.92 Å². The molecule has 2 aliphatic rings. The minimum atomic E-state index is -1.59. The summed E-state index contributed by atoms with van der Waals surface area (Å²) in [7, 11) is 0. The Bertz CT molecular complexity index is 969. The molecule has 146 valence electrons. The van der Waals surface area contributed by atoms with E-state index in [0.29, 0.717) is 0 Å². The number of nitrogens with one attached hydrogen (secondary N) is 1. The first kappa shape index (κ1) is 20.4. The van der Waals surface area contributed by atoms with Gasteiger partial charge in [0.15, 0.2) is 6.61 Å².